The molecule has 0 aliphatic heterocycles. The summed E-state index contributed by atoms with van der Waals surface area (Å²) in [5.74, 6) is -0.260. The first-order valence-electron chi connectivity index (χ1n) is 4.21. The number of allylic oxidation sites excluding steroid dienone is 1. The summed E-state index contributed by atoms with van der Waals surface area (Å²) in [4.78, 5) is 3.00. The lowest BCUT2D eigenvalue weighted by Crippen LogP contribution is -1.94. The van der Waals surface area contributed by atoms with Gasteiger partial charge in [-0.3, -0.25) is 0 Å². The predicted octanol–water partition coefficient (Wildman–Crippen LogP) is 3.02. The predicted molar refractivity (Wildman–Crippen MR) is 57.3 cm³/mol. The number of hydrogen-bond donors (Lipinski definition) is 1. The van der Waals surface area contributed by atoms with Crippen molar-refractivity contribution in [3.05, 3.63) is 41.4 Å². The van der Waals surface area contributed by atoms with E-state index in [1.165, 1.54) is 12.1 Å². The van der Waals surface area contributed by atoms with Crippen LogP contribution in [0.25, 0.3) is 11.0 Å². The third kappa shape index (κ3) is 1.37. The highest BCUT2D eigenvalue weighted by molar-refractivity contribution is 7.71. The number of imidazole rings is 1. The van der Waals surface area contributed by atoms with Crippen molar-refractivity contribution >= 4 is 23.3 Å². The van der Waals surface area contributed by atoms with Gasteiger partial charge in [-0.25, -0.2) is 4.39 Å². The SMILES string of the molecule is C=CCn1c(=S)[nH]c2ccc(F)cc21. The van der Waals surface area contributed by atoms with Gasteiger partial charge < -0.3 is 9.55 Å². The molecule has 0 aliphatic rings. The number of halogens is 1. The van der Waals surface area contributed by atoms with Crippen LogP contribution < -0.4 is 0 Å². The largest absolute Gasteiger partial charge is 0.331 e. The van der Waals surface area contributed by atoms with Crippen molar-refractivity contribution < 1.29 is 4.39 Å². The van der Waals surface area contributed by atoms with E-state index in [1.807, 2.05) is 0 Å². The van der Waals surface area contributed by atoms with Gasteiger partial charge in [-0.2, -0.15) is 0 Å². The standard InChI is InChI=1S/C10H9FN2S/c1-2-5-13-9-6-7(11)3-4-8(9)12-10(13)14/h2-4,6H,1,5H2,(H,12,14). The van der Waals surface area contributed by atoms with Gasteiger partial charge in [-0.15, -0.1) is 6.58 Å². The lowest BCUT2D eigenvalue weighted by Gasteiger charge is -1.98. The van der Waals surface area contributed by atoms with Crippen LogP contribution in [0.3, 0.4) is 0 Å². The Morgan fingerprint density at radius 2 is 2.36 bits per heavy atom. The number of fused-ring (bicyclic) bond motifs is 1. The number of nitrogens with zero attached hydrogens (tertiary/aromatic N) is 1. The normalized spacial score (nSPS) is 10.6. The minimum Gasteiger partial charge on any atom is -0.331 e. The molecule has 2 nitrogen and oxygen atoms in total. The third-order valence-electron chi connectivity index (χ3n) is 2.05. The van der Waals surface area contributed by atoms with Crippen molar-refractivity contribution in [3.63, 3.8) is 0 Å². The van der Waals surface area contributed by atoms with E-state index in [0.717, 1.165) is 11.0 Å². The van der Waals surface area contributed by atoms with Crippen LogP contribution in [0, 0.1) is 10.6 Å². The van der Waals surface area contributed by atoms with E-state index < -0.39 is 0 Å². The number of aromatic amines is 1. The molecule has 1 heterocycles. The molecule has 0 saturated carbocycles. The van der Waals surface area contributed by atoms with Crippen LogP contribution in [0.1, 0.15) is 0 Å². The molecule has 0 atom stereocenters. The molecule has 0 bridgehead atoms. The van der Waals surface area contributed by atoms with Crippen molar-refractivity contribution in [1.29, 1.82) is 0 Å². The molecule has 1 N–H and O–H groups in total. The monoisotopic (exact) mass is 208 g/mol. The fourth-order valence-electron chi connectivity index (χ4n) is 1.44. The molecule has 0 saturated heterocycles. The highest BCUT2D eigenvalue weighted by Gasteiger charge is 2.03. The minimum atomic E-state index is -0.260. The smallest absolute Gasteiger partial charge is 0.178 e. The van der Waals surface area contributed by atoms with Crippen LogP contribution >= 0.6 is 12.2 Å². The molecule has 2 rings (SSSR count). The first-order chi connectivity index (χ1) is 6.72. The summed E-state index contributed by atoms with van der Waals surface area (Å²) < 4.78 is 15.4. The topological polar surface area (TPSA) is 20.7 Å². The number of nitrogens with one attached hydrogen (secondary N) is 1. The fraction of sp³-hybridized carbons (Fsp3) is 0.100. The van der Waals surface area contributed by atoms with Crippen molar-refractivity contribution in [2.45, 2.75) is 6.54 Å². The molecule has 72 valence electrons. The highest BCUT2D eigenvalue weighted by Crippen LogP contribution is 2.15. The number of H-pyrrole nitrogens is 1. The number of hydrogen-bond acceptors (Lipinski definition) is 1. The maximum absolute atomic E-state index is 13.0. The van der Waals surface area contributed by atoms with E-state index in [4.69, 9.17) is 12.2 Å². The second-order valence-electron chi connectivity index (χ2n) is 2.99. The van der Waals surface area contributed by atoms with Gasteiger partial charge in [0.1, 0.15) is 5.82 Å². The Labute approximate surface area is 85.7 Å². The summed E-state index contributed by atoms with van der Waals surface area (Å²) in [7, 11) is 0. The molecule has 2 aromatic rings. The second kappa shape index (κ2) is 3.38. The molecular formula is C10H9FN2S. The van der Waals surface area contributed by atoms with Gasteiger partial charge in [0.25, 0.3) is 0 Å². The Bertz CT molecular complexity index is 539. The van der Waals surface area contributed by atoms with E-state index in [9.17, 15) is 4.39 Å². The Kier molecular flexibility index (Phi) is 2.21. The molecule has 0 fully saturated rings. The molecule has 0 unspecified atom stereocenters. The summed E-state index contributed by atoms with van der Waals surface area (Å²) in [5, 5.41) is 0. The Hall–Kier alpha value is -1.42. The zero-order chi connectivity index (χ0) is 10.1. The molecule has 4 heteroatoms. The van der Waals surface area contributed by atoms with Crippen LogP contribution in [-0.2, 0) is 6.54 Å². The quantitative estimate of drug-likeness (QED) is 0.594. The fourth-order valence-corrected chi connectivity index (χ4v) is 1.72. The molecule has 14 heavy (non-hydrogen) atoms. The van der Waals surface area contributed by atoms with Gasteiger partial charge in [0, 0.05) is 6.54 Å². The molecule has 0 amide bonds. The molecule has 0 aliphatic carbocycles. The van der Waals surface area contributed by atoms with Crippen molar-refractivity contribution in [3.8, 4) is 0 Å². The maximum atomic E-state index is 13.0. The van der Waals surface area contributed by atoms with Gasteiger partial charge in [0.05, 0.1) is 11.0 Å². The van der Waals surface area contributed by atoms with E-state index >= 15 is 0 Å². The van der Waals surface area contributed by atoms with Crippen molar-refractivity contribution in [2.75, 3.05) is 0 Å². The average Bonchev–Trinajstić information content (AvgIpc) is 2.45. The Balaban J connectivity index is 2.79. The highest BCUT2D eigenvalue weighted by atomic mass is 32.1. The van der Waals surface area contributed by atoms with Gasteiger partial charge in [-0.05, 0) is 30.4 Å². The van der Waals surface area contributed by atoms with Crippen molar-refractivity contribution in [1.82, 2.24) is 9.55 Å². The Morgan fingerprint density at radius 1 is 1.57 bits per heavy atom. The van der Waals surface area contributed by atoms with Crippen LogP contribution in [0.2, 0.25) is 0 Å². The zero-order valence-electron chi connectivity index (χ0n) is 7.46. The molecule has 0 radical (unpaired) electrons. The lowest BCUT2D eigenvalue weighted by molar-refractivity contribution is 0.628. The average molecular weight is 208 g/mol. The summed E-state index contributed by atoms with van der Waals surface area (Å²) in [6, 6.07) is 4.55. The molecular weight excluding hydrogens is 199 g/mol. The van der Waals surface area contributed by atoms with Crippen LogP contribution in [-0.4, -0.2) is 9.55 Å². The van der Waals surface area contributed by atoms with E-state index in [-0.39, 0.29) is 5.82 Å². The van der Waals surface area contributed by atoms with Crippen LogP contribution in [0.5, 0.6) is 0 Å². The van der Waals surface area contributed by atoms with E-state index in [0.29, 0.717) is 11.3 Å². The Morgan fingerprint density at radius 3 is 3.07 bits per heavy atom. The summed E-state index contributed by atoms with van der Waals surface area (Å²) in [6.45, 7) is 4.22. The number of aromatic nitrogens is 2. The summed E-state index contributed by atoms with van der Waals surface area (Å²) in [6.07, 6.45) is 1.73. The van der Waals surface area contributed by atoms with Gasteiger partial charge in [0.2, 0.25) is 0 Å². The van der Waals surface area contributed by atoms with Gasteiger partial charge >= 0.3 is 0 Å². The van der Waals surface area contributed by atoms with Crippen molar-refractivity contribution in [2.24, 2.45) is 0 Å². The molecule has 1 aromatic carbocycles. The summed E-state index contributed by atoms with van der Waals surface area (Å²) in [5.41, 5.74) is 1.62. The third-order valence-corrected chi connectivity index (χ3v) is 2.37. The summed E-state index contributed by atoms with van der Waals surface area (Å²) >= 11 is 5.10. The second-order valence-corrected chi connectivity index (χ2v) is 3.38. The zero-order valence-corrected chi connectivity index (χ0v) is 8.27. The van der Waals surface area contributed by atoms with Crippen LogP contribution in [0.4, 0.5) is 4.39 Å². The van der Waals surface area contributed by atoms with Gasteiger partial charge in [-0.1, -0.05) is 6.08 Å². The molecule has 1 aromatic heterocycles. The van der Waals surface area contributed by atoms with Crippen LogP contribution in [0.15, 0.2) is 30.9 Å². The first kappa shape index (κ1) is 9.15. The minimum absolute atomic E-state index is 0.260. The van der Waals surface area contributed by atoms with E-state index in [2.05, 4.69) is 11.6 Å². The molecule has 0 spiro atoms. The first-order valence-corrected chi connectivity index (χ1v) is 4.62. The lowest BCUT2D eigenvalue weighted by atomic mass is 10.3. The maximum Gasteiger partial charge on any atom is 0.178 e. The van der Waals surface area contributed by atoms with Gasteiger partial charge in [0.15, 0.2) is 4.77 Å². The van der Waals surface area contributed by atoms with E-state index in [1.54, 1.807) is 16.7 Å². The number of rotatable bonds is 2. The number of benzene rings is 1.